The molecule has 0 radical (unpaired) electrons. The zero-order chi connectivity index (χ0) is 20.1. The van der Waals surface area contributed by atoms with Crippen LogP contribution in [0.15, 0.2) is 34.6 Å². The van der Waals surface area contributed by atoms with Crippen LogP contribution in [0.1, 0.15) is 31.1 Å². The van der Waals surface area contributed by atoms with Gasteiger partial charge in [-0.15, -0.1) is 10.2 Å². The summed E-state index contributed by atoms with van der Waals surface area (Å²) in [6, 6.07) is 3.86. The number of aryl methyl sites for hydroxylation is 1. The molecule has 0 saturated heterocycles. The van der Waals surface area contributed by atoms with Gasteiger partial charge in [0.1, 0.15) is 6.33 Å². The molecule has 10 nitrogen and oxygen atoms in total. The number of hydrogen-bond acceptors (Lipinski definition) is 8. The van der Waals surface area contributed by atoms with Gasteiger partial charge in [0.15, 0.2) is 11.3 Å². The SMILES string of the molecule is CC(C)NC(=O)[C@H](C)OC(=O)c1ccc(Sc2nncn2C)c([N+](=O)[O-])c1. The van der Waals surface area contributed by atoms with E-state index >= 15 is 0 Å². The molecule has 1 amide bonds. The molecule has 144 valence electrons. The molecule has 0 spiro atoms. The van der Waals surface area contributed by atoms with E-state index in [0.29, 0.717) is 10.1 Å². The van der Waals surface area contributed by atoms with Gasteiger partial charge in [-0.3, -0.25) is 14.9 Å². The number of ether oxygens (including phenoxy) is 1. The maximum absolute atomic E-state index is 12.2. The Morgan fingerprint density at radius 3 is 2.59 bits per heavy atom. The maximum Gasteiger partial charge on any atom is 0.339 e. The number of benzene rings is 1. The lowest BCUT2D eigenvalue weighted by atomic mass is 10.2. The molecule has 1 heterocycles. The Balaban J connectivity index is 2.19. The lowest BCUT2D eigenvalue weighted by Crippen LogP contribution is -2.39. The van der Waals surface area contributed by atoms with E-state index in [-0.39, 0.29) is 17.3 Å². The number of hydrogen-bond donors (Lipinski definition) is 1. The molecule has 1 atom stereocenters. The van der Waals surface area contributed by atoms with Gasteiger partial charge < -0.3 is 14.6 Å². The average Bonchev–Trinajstić information content (AvgIpc) is 2.99. The van der Waals surface area contributed by atoms with Gasteiger partial charge in [0.2, 0.25) is 0 Å². The third kappa shape index (κ3) is 5.26. The molecule has 27 heavy (non-hydrogen) atoms. The van der Waals surface area contributed by atoms with Crippen molar-refractivity contribution in [2.45, 2.75) is 43.0 Å². The van der Waals surface area contributed by atoms with E-state index in [4.69, 9.17) is 4.74 Å². The highest BCUT2D eigenvalue weighted by Crippen LogP contribution is 2.34. The molecule has 1 N–H and O–H groups in total. The van der Waals surface area contributed by atoms with Gasteiger partial charge in [-0.1, -0.05) is 0 Å². The summed E-state index contributed by atoms with van der Waals surface area (Å²) >= 11 is 1.05. The van der Waals surface area contributed by atoms with Gasteiger partial charge in [0.05, 0.1) is 15.4 Å². The van der Waals surface area contributed by atoms with Crippen LogP contribution in [0.3, 0.4) is 0 Å². The Morgan fingerprint density at radius 1 is 1.33 bits per heavy atom. The van der Waals surface area contributed by atoms with Gasteiger partial charge in [-0.05, 0) is 44.7 Å². The Bertz CT molecular complexity index is 867. The molecule has 2 rings (SSSR count). The van der Waals surface area contributed by atoms with E-state index in [1.165, 1.54) is 25.4 Å². The molecule has 1 aromatic carbocycles. The molecular formula is C16H19N5O5S. The predicted molar refractivity (Wildman–Crippen MR) is 96.4 cm³/mol. The van der Waals surface area contributed by atoms with Crippen molar-refractivity contribution in [3.8, 4) is 0 Å². The van der Waals surface area contributed by atoms with Crippen molar-refractivity contribution in [2.75, 3.05) is 0 Å². The molecule has 0 unspecified atom stereocenters. The summed E-state index contributed by atoms with van der Waals surface area (Å²) in [5.41, 5.74) is -0.287. The van der Waals surface area contributed by atoms with Crippen LogP contribution in [0, 0.1) is 10.1 Å². The van der Waals surface area contributed by atoms with E-state index in [2.05, 4.69) is 15.5 Å². The highest BCUT2D eigenvalue weighted by atomic mass is 32.2. The minimum Gasteiger partial charge on any atom is -0.449 e. The number of nitrogens with zero attached hydrogens (tertiary/aromatic N) is 4. The van der Waals surface area contributed by atoms with Gasteiger partial charge in [0.25, 0.3) is 11.6 Å². The third-order valence-electron chi connectivity index (χ3n) is 3.35. The maximum atomic E-state index is 12.2. The van der Waals surface area contributed by atoms with Crippen LogP contribution < -0.4 is 5.32 Å². The molecular weight excluding hydrogens is 374 g/mol. The molecule has 0 aliphatic rings. The van der Waals surface area contributed by atoms with Crippen LogP contribution in [0.5, 0.6) is 0 Å². The minimum absolute atomic E-state index is 0.0202. The molecule has 11 heteroatoms. The number of aromatic nitrogens is 3. The van der Waals surface area contributed by atoms with Crippen molar-refractivity contribution in [3.63, 3.8) is 0 Å². The highest BCUT2D eigenvalue weighted by molar-refractivity contribution is 7.99. The Morgan fingerprint density at radius 2 is 2.04 bits per heavy atom. The molecule has 2 aromatic rings. The first kappa shape index (κ1) is 20.4. The van der Waals surface area contributed by atoms with Gasteiger partial charge in [-0.2, -0.15) is 0 Å². The fourth-order valence-electron chi connectivity index (χ4n) is 2.02. The topological polar surface area (TPSA) is 129 Å². The molecule has 0 aliphatic carbocycles. The monoisotopic (exact) mass is 393 g/mol. The second-order valence-corrected chi connectivity index (χ2v) is 6.99. The lowest BCUT2D eigenvalue weighted by molar-refractivity contribution is -0.387. The molecule has 0 aliphatic heterocycles. The molecule has 0 saturated carbocycles. The number of esters is 1. The van der Waals surface area contributed by atoms with Crippen molar-refractivity contribution >= 4 is 29.3 Å². The van der Waals surface area contributed by atoms with Crippen molar-refractivity contribution in [3.05, 3.63) is 40.2 Å². The smallest absolute Gasteiger partial charge is 0.339 e. The average molecular weight is 393 g/mol. The summed E-state index contributed by atoms with van der Waals surface area (Å²) in [5.74, 6) is -1.26. The summed E-state index contributed by atoms with van der Waals surface area (Å²) in [7, 11) is 1.71. The second-order valence-electron chi connectivity index (χ2n) is 5.98. The largest absolute Gasteiger partial charge is 0.449 e. The summed E-state index contributed by atoms with van der Waals surface area (Å²) in [4.78, 5) is 35.2. The van der Waals surface area contributed by atoms with Crippen LogP contribution in [0.4, 0.5) is 5.69 Å². The molecule has 0 fully saturated rings. The lowest BCUT2D eigenvalue weighted by Gasteiger charge is -2.15. The number of nitro groups is 1. The molecule has 1 aromatic heterocycles. The number of carbonyl (C=O) groups excluding carboxylic acids is 2. The first-order chi connectivity index (χ1) is 12.7. The quantitative estimate of drug-likeness (QED) is 0.429. The second kappa shape index (κ2) is 8.62. The van der Waals surface area contributed by atoms with E-state index in [0.717, 1.165) is 17.8 Å². The number of rotatable bonds is 7. The fraction of sp³-hybridized carbons (Fsp3) is 0.375. The molecule has 0 bridgehead atoms. The zero-order valence-corrected chi connectivity index (χ0v) is 16.0. The first-order valence-electron chi connectivity index (χ1n) is 8.00. The normalized spacial score (nSPS) is 11.9. The van der Waals surface area contributed by atoms with Crippen LogP contribution >= 0.6 is 11.8 Å². The number of nitro benzene ring substituents is 1. The number of nitrogens with one attached hydrogen (secondary N) is 1. The highest BCUT2D eigenvalue weighted by Gasteiger charge is 2.23. The first-order valence-corrected chi connectivity index (χ1v) is 8.82. The Labute approximate surface area is 159 Å². The summed E-state index contributed by atoms with van der Waals surface area (Å²) in [6.45, 7) is 4.99. The van der Waals surface area contributed by atoms with E-state index in [1.54, 1.807) is 25.5 Å². The van der Waals surface area contributed by atoms with E-state index < -0.39 is 22.9 Å². The summed E-state index contributed by atoms with van der Waals surface area (Å²) in [6.07, 6.45) is 0.454. The van der Waals surface area contributed by atoms with Gasteiger partial charge in [0, 0.05) is 19.2 Å². The summed E-state index contributed by atoms with van der Waals surface area (Å²) in [5, 5.41) is 22.1. The Kier molecular flexibility index (Phi) is 6.50. The summed E-state index contributed by atoms with van der Waals surface area (Å²) < 4.78 is 6.71. The van der Waals surface area contributed by atoms with Crippen LogP contribution in [0.2, 0.25) is 0 Å². The van der Waals surface area contributed by atoms with Crippen molar-refractivity contribution in [2.24, 2.45) is 7.05 Å². The zero-order valence-electron chi connectivity index (χ0n) is 15.2. The standard InChI is InChI=1S/C16H19N5O5S/c1-9(2)18-14(22)10(3)26-15(23)11-5-6-13(12(7-11)21(24)25)27-16-19-17-8-20(16)4/h5-10H,1-4H3,(H,18,22)/t10-/m0/s1. The fourth-order valence-corrected chi connectivity index (χ4v) is 2.87. The van der Waals surface area contributed by atoms with E-state index in [1.807, 2.05) is 0 Å². The van der Waals surface area contributed by atoms with Crippen molar-refractivity contribution in [1.82, 2.24) is 20.1 Å². The third-order valence-corrected chi connectivity index (χ3v) is 4.46. The minimum atomic E-state index is -1.02. The van der Waals surface area contributed by atoms with Gasteiger partial charge >= 0.3 is 5.97 Å². The predicted octanol–water partition coefficient (Wildman–Crippen LogP) is 1.94. The van der Waals surface area contributed by atoms with Crippen LogP contribution in [0.25, 0.3) is 0 Å². The number of carbonyl (C=O) groups is 2. The number of amides is 1. The van der Waals surface area contributed by atoms with Crippen molar-refractivity contribution in [1.29, 1.82) is 0 Å². The van der Waals surface area contributed by atoms with E-state index in [9.17, 15) is 19.7 Å². The van der Waals surface area contributed by atoms with Crippen LogP contribution in [-0.2, 0) is 16.6 Å². The Hall–Kier alpha value is -2.95. The van der Waals surface area contributed by atoms with Gasteiger partial charge in [-0.25, -0.2) is 4.79 Å². The van der Waals surface area contributed by atoms with Crippen molar-refractivity contribution < 1.29 is 19.2 Å². The van der Waals surface area contributed by atoms with Crippen LogP contribution in [-0.4, -0.2) is 43.7 Å².